The van der Waals surface area contributed by atoms with Crippen molar-refractivity contribution in [2.75, 3.05) is 6.61 Å². The Morgan fingerprint density at radius 3 is 2.54 bits per heavy atom. The highest BCUT2D eigenvalue weighted by atomic mass is 16.7. The molecule has 1 aliphatic heterocycles. The summed E-state index contributed by atoms with van der Waals surface area (Å²) in [4.78, 5) is 11.8. The zero-order valence-electron chi connectivity index (χ0n) is 12.5. The average molecular weight is 342 g/mol. The van der Waals surface area contributed by atoms with E-state index >= 15 is 0 Å². The van der Waals surface area contributed by atoms with Crippen LogP contribution in [0.4, 0.5) is 0 Å². The molecule has 3 rings (SSSR count). The van der Waals surface area contributed by atoms with Crippen LogP contribution < -0.4 is 5.63 Å². The van der Waals surface area contributed by atoms with Gasteiger partial charge in [-0.1, -0.05) is 6.58 Å². The van der Waals surface area contributed by atoms with Crippen LogP contribution in [0.1, 0.15) is 17.2 Å². The largest absolute Gasteiger partial charge is 0.431 e. The van der Waals surface area contributed by atoms with E-state index in [-0.39, 0.29) is 11.1 Å². The molecule has 132 valence electrons. The van der Waals surface area contributed by atoms with Gasteiger partial charge in [0.1, 0.15) is 36.6 Å². The van der Waals surface area contributed by atoms with E-state index in [1.54, 1.807) is 0 Å². The standard InChI is InChI=1S/C15H18O9/c1-5-8-6(2-3-22-14(8)21)13(9(5)17)24-15-12(20)11(19)10(18)7(4-16)23-15/h2-3,7,9-13,15-20H,1,4H2/t7-,9-,10-,11+,12+,13+,15+/m1/s1. The summed E-state index contributed by atoms with van der Waals surface area (Å²) in [5.41, 5.74) is -0.189. The summed E-state index contributed by atoms with van der Waals surface area (Å²) in [6.45, 7) is 3.03. The van der Waals surface area contributed by atoms with E-state index in [1.165, 1.54) is 6.07 Å². The van der Waals surface area contributed by atoms with Crippen LogP contribution >= 0.6 is 0 Å². The molecular formula is C15H18O9. The zero-order chi connectivity index (χ0) is 17.6. The molecule has 5 N–H and O–H groups in total. The molecule has 1 saturated heterocycles. The molecule has 2 heterocycles. The van der Waals surface area contributed by atoms with Gasteiger partial charge in [0.2, 0.25) is 0 Å². The minimum atomic E-state index is -1.62. The number of hydrogen-bond acceptors (Lipinski definition) is 9. The first-order chi connectivity index (χ1) is 11.4. The van der Waals surface area contributed by atoms with Crippen molar-refractivity contribution >= 4 is 5.57 Å². The molecule has 9 nitrogen and oxygen atoms in total. The van der Waals surface area contributed by atoms with Crippen LogP contribution in [-0.4, -0.2) is 68.9 Å². The van der Waals surface area contributed by atoms with E-state index in [4.69, 9.17) is 13.9 Å². The Morgan fingerprint density at radius 2 is 1.88 bits per heavy atom. The first kappa shape index (κ1) is 17.2. The van der Waals surface area contributed by atoms with E-state index in [1.807, 2.05) is 0 Å². The van der Waals surface area contributed by atoms with Crippen molar-refractivity contribution in [1.82, 2.24) is 0 Å². The number of rotatable bonds is 3. The van der Waals surface area contributed by atoms with Crippen LogP contribution in [0.5, 0.6) is 0 Å². The maximum Gasteiger partial charge on any atom is 0.343 e. The fraction of sp³-hybridized carbons (Fsp3) is 0.533. The molecule has 0 unspecified atom stereocenters. The third kappa shape index (κ3) is 2.60. The molecule has 0 amide bonds. The lowest BCUT2D eigenvalue weighted by Crippen LogP contribution is -2.59. The fourth-order valence-electron chi connectivity index (χ4n) is 2.96. The van der Waals surface area contributed by atoms with Crippen molar-refractivity contribution in [3.63, 3.8) is 0 Å². The maximum absolute atomic E-state index is 11.8. The topological polar surface area (TPSA) is 150 Å². The number of fused-ring (bicyclic) bond motifs is 1. The van der Waals surface area contributed by atoms with Gasteiger partial charge in [0.15, 0.2) is 6.29 Å². The Kier molecular flexibility index (Phi) is 4.58. The molecule has 1 fully saturated rings. The van der Waals surface area contributed by atoms with E-state index in [2.05, 4.69) is 6.58 Å². The Hall–Kier alpha value is -1.59. The monoisotopic (exact) mass is 342 g/mol. The number of aliphatic hydroxyl groups excluding tert-OH is 5. The second kappa shape index (κ2) is 6.37. The highest BCUT2D eigenvalue weighted by molar-refractivity contribution is 5.74. The van der Waals surface area contributed by atoms with Crippen LogP contribution in [0.15, 0.2) is 28.1 Å². The van der Waals surface area contributed by atoms with Crippen molar-refractivity contribution in [2.24, 2.45) is 0 Å². The fourth-order valence-corrected chi connectivity index (χ4v) is 2.96. The predicted molar refractivity (Wildman–Crippen MR) is 77.6 cm³/mol. The lowest BCUT2D eigenvalue weighted by Gasteiger charge is -2.40. The molecular weight excluding hydrogens is 324 g/mol. The molecule has 0 aromatic carbocycles. The van der Waals surface area contributed by atoms with Crippen molar-refractivity contribution in [2.45, 2.75) is 42.9 Å². The van der Waals surface area contributed by atoms with Gasteiger partial charge in [0.05, 0.1) is 18.4 Å². The molecule has 0 saturated carbocycles. The summed E-state index contributed by atoms with van der Waals surface area (Å²) in [5.74, 6) is 0. The normalized spacial score (nSPS) is 39.0. The number of ether oxygens (including phenoxy) is 2. The van der Waals surface area contributed by atoms with E-state index < -0.39 is 55.1 Å². The number of hydrogen-bond donors (Lipinski definition) is 5. The lowest BCUT2D eigenvalue weighted by molar-refractivity contribution is -0.316. The highest BCUT2D eigenvalue weighted by Gasteiger charge is 2.47. The van der Waals surface area contributed by atoms with Crippen molar-refractivity contribution in [3.8, 4) is 0 Å². The summed E-state index contributed by atoms with van der Waals surface area (Å²) < 4.78 is 15.5. The van der Waals surface area contributed by atoms with Gasteiger partial charge in [-0.05, 0) is 11.6 Å². The number of aliphatic hydroxyl groups is 5. The molecule has 1 aromatic rings. The molecule has 0 radical (unpaired) electrons. The quantitative estimate of drug-likeness (QED) is 0.415. The molecule has 24 heavy (non-hydrogen) atoms. The smallest absolute Gasteiger partial charge is 0.343 e. The summed E-state index contributed by atoms with van der Waals surface area (Å²) in [6.07, 6.45) is -8.56. The summed E-state index contributed by atoms with van der Waals surface area (Å²) >= 11 is 0. The van der Waals surface area contributed by atoms with Crippen molar-refractivity contribution in [1.29, 1.82) is 0 Å². The van der Waals surface area contributed by atoms with Gasteiger partial charge < -0.3 is 39.4 Å². The van der Waals surface area contributed by atoms with Crippen molar-refractivity contribution < 1.29 is 39.4 Å². The van der Waals surface area contributed by atoms with Crippen LogP contribution in [-0.2, 0) is 9.47 Å². The minimum Gasteiger partial charge on any atom is -0.431 e. The third-order valence-corrected chi connectivity index (χ3v) is 4.32. The summed E-state index contributed by atoms with van der Waals surface area (Å²) in [5, 5.41) is 49.0. The van der Waals surface area contributed by atoms with Gasteiger partial charge in [-0.15, -0.1) is 0 Å². The Morgan fingerprint density at radius 1 is 1.17 bits per heavy atom. The van der Waals surface area contributed by atoms with Crippen LogP contribution in [0.25, 0.3) is 5.57 Å². The van der Waals surface area contributed by atoms with Crippen LogP contribution in [0.2, 0.25) is 0 Å². The Bertz CT molecular complexity index is 682. The molecule has 1 aliphatic carbocycles. The predicted octanol–water partition coefficient (Wildman–Crippen LogP) is -2.11. The molecule has 0 spiro atoms. The van der Waals surface area contributed by atoms with Gasteiger partial charge in [0.25, 0.3) is 0 Å². The molecule has 1 aromatic heterocycles. The van der Waals surface area contributed by atoms with Crippen LogP contribution in [0.3, 0.4) is 0 Å². The lowest BCUT2D eigenvalue weighted by atomic mass is 9.99. The van der Waals surface area contributed by atoms with E-state index in [0.29, 0.717) is 5.56 Å². The SMILES string of the molecule is C=C1c2c(ccoc2=O)[C@H](O[C@@H]2O[C@H](CO)[C@@H](O)[C@H](O)[C@@H]2O)[C@@H]1O. The summed E-state index contributed by atoms with van der Waals surface area (Å²) in [7, 11) is 0. The highest BCUT2D eigenvalue weighted by Crippen LogP contribution is 2.41. The van der Waals surface area contributed by atoms with Gasteiger partial charge >= 0.3 is 5.63 Å². The van der Waals surface area contributed by atoms with Gasteiger partial charge in [-0.2, -0.15) is 0 Å². The van der Waals surface area contributed by atoms with Crippen molar-refractivity contribution in [3.05, 3.63) is 40.5 Å². The maximum atomic E-state index is 11.8. The van der Waals surface area contributed by atoms with Gasteiger partial charge in [-0.3, -0.25) is 0 Å². The van der Waals surface area contributed by atoms with Crippen LogP contribution in [0, 0.1) is 0 Å². The zero-order valence-corrected chi connectivity index (χ0v) is 12.5. The summed E-state index contributed by atoms with van der Waals surface area (Å²) in [6, 6.07) is 1.42. The minimum absolute atomic E-state index is 0.0830. The molecule has 9 heteroatoms. The first-order valence-electron chi connectivity index (χ1n) is 7.31. The Labute approximate surface area is 136 Å². The molecule has 7 atom stereocenters. The van der Waals surface area contributed by atoms with Gasteiger partial charge in [0, 0.05) is 5.56 Å². The first-order valence-corrected chi connectivity index (χ1v) is 7.31. The molecule has 0 bridgehead atoms. The van der Waals surface area contributed by atoms with E-state index in [9.17, 15) is 30.3 Å². The average Bonchev–Trinajstić information content (AvgIpc) is 2.81. The second-order valence-electron chi connectivity index (χ2n) is 5.76. The second-order valence-corrected chi connectivity index (χ2v) is 5.76. The Balaban J connectivity index is 1.87. The van der Waals surface area contributed by atoms with E-state index in [0.717, 1.165) is 6.26 Å². The van der Waals surface area contributed by atoms with Gasteiger partial charge in [-0.25, -0.2) is 4.79 Å². The third-order valence-electron chi connectivity index (χ3n) is 4.32. The molecule has 2 aliphatic rings.